The van der Waals surface area contributed by atoms with Crippen LogP contribution in [0.2, 0.25) is 0 Å². The molecule has 22 heteroatoms. The summed E-state index contributed by atoms with van der Waals surface area (Å²) in [6.45, 7) is 34.2. The molecule has 0 aromatic heterocycles. The van der Waals surface area contributed by atoms with Crippen LogP contribution in [0.3, 0.4) is 0 Å². The smallest absolute Gasteiger partial charge is 0.344 e. The van der Waals surface area contributed by atoms with Gasteiger partial charge in [-0.25, -0.2) is 9.59 Å². The van der Waals surface area contributed by atoms with Gasteiger partial charge >= 0.3 is 41.8 Å². The van der Waals surface area contributed by atoms with Crippen molar-refractivity contribution in [1.29, 1.82) is 0 Å². The average molecular weight is 1240 g/mol. The summed E-state index contributed by atoms with van der Waals surface area (Å²) in [6.07, 6.45) is 6.85. The number of hydrogen-bond donors (Lipinski definition) is 1. The van der Waals surface area contributed by atoms with E-state index >= 15 is 0 Å². The lowest BCUT2D eigenvalue weighted by Gasteiger charge is -2.59. The van der Waals surface area contributed by atoms with Gasteiger partial charge in [0.15, 0.2) is 49.1 Å². The Bertz CT molecular complexity index is 2460. The monoisotopic (exact) mass is 1240 g/mol. The van der Waals surface area contributed by atoms with Crippen molar-refractivity contribution in [2.75, 3.05) is 39.6 Å². The van der Waals surface area contributed by atoms with E-state index in [-0.39, 0.29) is 91.3 Å². The maximum atomic E-state index is 12.6. The van der Waals surface area contributed by atoms with Crippen LogP contribution in [0.5, 0.6) is 0 Å². The molecule has 5 aliphatic heterocycles. The number of ether oxygens (including phenoxy) is 14. The van der Waals surface area contributed by atoms with Crippen LogP contribution in [-0.2, 0) is 99.9 Å². The van der Waals surface area contributed by atoms with E-state index in [4.69, 9.17) is 66.3 Å². The molecule has 5 saturated heterocycles. The van der Waals surface area contributed by atoms with Crippen LogP contribution in [0.4, 0.5) is 0 Å². The minimum absolute atomic E-state index is 0.00636. The Morgan fingerprint density at radius 3 is 1.60 bits per heavy atom. The molecular formula is C65H104O22. The van der Waals surface area contributed by atoms with Crippen molar-refractivity contribution in [3.8, 4) is 0 Å². The second-order valence-corrected chi connectivity index (χ2v) is 30.2. The van der Waals surface area contributed by atoms with Gasteiger partial charge in [-0.15, -0.1) is 0 Å². The number of hydrogen-bond acceptors (Lipinski definition) is 22. The lowest BCUT2D eigenvalue weighted by Crippen LogP contribution is -2.57. The van der Waals surface area contributed by atoms with Gasteiger partial charge in [0.05, 0.1) is 53.0 Å². The number of aliphatic hydroxyl groups is 1. The highest BCUT2D eigenvalue weighted by atomic mass is 16.9. The van der Waals surface area contributed by atoms with Crippen molar-refractivity contribution in [2.45, 2.75) is 274 Å². The molecule has 11 aliphatic rings. The molecule has 0 aromatic carbocycles. The molecule has 1 N–H and O–H groups in total. The van der Waals surface area contributed by atoms with Gasteiger partial charge in [0.1, 0.15) is 37.1 Å². The Hall–Kier alpha value is -4.03. The number of rotatable bonds is 19. The van der Waals surface area contributed by atoms with E-state index in [1.54, 1.807) is 27.7 Å². The zero-order valence-corrected chi connectivity index (χ0v) is 55.3. The summed E-state index contributed by atoms with van der Waals surface area (Å²) in [5.41, 5.74) is -2.81. The molecule has 5 heterocycles. The molecule has 0 spiro atoms. The van der Waals surface area contributed by atoms with E-state index in [0.717, 1.165) is 51.4 Å². The van der Waals surface area contributed by atoms with Crippen LogP contribution in [0, 0.1) is 56.7 Å². The summed E-state index contributed by atoms with van der Waals surface area (Å²) in [7, 11) is 0. The zero-order chi connectivity index (χ0) is 64.7. The van der Waals surface area contributed by atoms with Gasteiger partial charge in [0.25, 0.3) is 0 Å². The molecule has 11 rings (SSSR count). The number of fused-ring (bicyclic) bond motifs is 2. The van der Waals surface area contributed by atoms with Gasteiger partial charge < -0.3 is 71.4 Å². The maximum absolute atomic E-state index is 12.6. The normalized spacial score (nSPS) is 35.1. The fourth-order valence-corrected chi connectivity index (χ4v) is 13.6. The first-order valence-electron chi connectivity index (χ1n) is 31.8. The van der Waals surface area contributed by atoms with Crippen LogP contribution < -0.4 is 0 Å². The number of carbonyl (C=O) groups is 7. The lowest BCUT2D eigenvalue weighted by molar-refractivity contribution is -0.236. The molecule has 0 amide bonds. The first-order chi connectivity index (χ1) is 40.2. The second-order valence-electron chi connectivity index (χ2n) is 30.2. The summed E-state index contributed by atoms with van der Waals surface area (Å²) in [6, 6.07) is 0. The van der Waals surface area contributed by atoms with Crippen LogP contribution in [0.25, 0.3) is 0 Å². The van der Waals surface area contributed by atoms with E-state index in [1.807, 2.05) is 96.9 Å². The fourth-order valence-electron chi connectivity index (χ4n) is 13.6. The van der Waals surface area contributed by atoms with Crippen LogP contribution in [-0.4, -0.2) is 159 Å². The highest BCUT2D eigenvalue weighted by molar-refractivity contribution is 5.81. The van der Waals surface area contributed by atoms with Crippen molar-refractivity contribution in [3.63, 3.8) is 0 Å². The Morgan fingerprint density at radius 2 is 1.08 bits per heavy atom. The van der Waals surface area contributed by atoms with Crippen LogP contribution >= 0.6 is 0 Å². The first kappa shape index (κ1) is 70.4. The van der Waals surface area contributed by atoms with Crippen molar-refractivity contribution >= 4 is 41.8 Å². The molecule has 6 bridgehead atoms. The maximum Gasteiger partial charge on any atom is 0.344 e. The molecule has 0 aromatic rings. The van der Waals surface area contributed by atoms with Crippen LogP contribution in [0.15, 0.2) is 0 Å². The topological polar surface area (TPSA) is 269 Å². The van der Waals surface area contributed by atoms with Crippen molar-refractivity contribution in [2.24, 2.45) is 56.7 Å². The standard InChI is InChI=1S/C19H30O5.C18H30O7.C16H22O6.C12H22O4/c1-4-17(2,3)16(21)23-10-15(20)24-12-18-6-13-5-14(7-18)9-19(22,8-13)11-18;1-8-16(2,3)15(19)22-12-11(10-9-20-17(4,5)23-10)21-14-13(12)24-18(6,7)25-14;1-4-16(2,3)15(19)20-7-11(17)21-12-8-5-9-10(6-8)14(18)22-13(9)12;1-6-11(2,3)10(13)14-7-9-8-15-12(4,5)16-9/h13-14,22H,4-12H2,1-3H3;10-14H,8-9H2,1-7H3;8-10,12-13H,4-7H2,1-3H3;9H,6-8H2,1-5H3. The molecule has 6 saturated carbocycles. The van der Waals surface area contributed by atoms with Gasteiger partial charge in [-0.05, 0) is 186 Å². The summed E-state index contributed by atoms with van der Waals surface area (Å²) in [5, 5.41) is 10.7. The Kier molecular flexibility index (Phi) is 21.6. The molecule has 496 valence electrons. The largest absolute Gasteiger partial charge is 0.463 e. The Balaban J connectivity index is 0.000000168. The van der Waals surface area contributed by atoms with Gasteiger partial charge in [-0.1, -0.05) is 27.7 Å². The third-order valence-electron chi connectivity index (χ3n) is 19.9. The minimum atomic E-state index is -0.780. The summed E-state index contributed by atoms with van der Waals surface area (Å²) >= 11 is 0. The van der Waals surface area contributed by atoms with E-state index < -0.39 is 87.1 Å². The highest BCUT2D eigenvalue weighted by Gasteiger charge is 2.64. The SMILES string of the molecule is CCC(C)(C)C(=O)OC1C(C2COC(C)(C)O2)OC2OC(C)(C)OC21.CCC(C)(C)C(=O)OCC(=O)OC1C2CC3C(=O)OC1C3C2.CCC(C)(C)C(=O)OCC(=O)OCC12CC3CC(CC(O)(C3)C1)C2.CCC(C)(C)C(=O)OCC1COC(C)(C)O1. The number of esters is 7. The Labute approximate surface area is 515 Å². The van der Waals surface area contributed by atoms with E-state index in [1.165, 1.54) is 6.42 Å². The summed E-state index contributed by atoms with van der Waals surface area (Å²) in [5.74, 6) is -2.97. The molecule has 87 heavy (non-hydrogen) atoms. The predicted octanol–water partition coefficient (Wildman–Crippen LogP) is 8.78. The van der Waals surface area contributed by atoms with E-state index in [9.17, 15) is 38.7 Å². The van der Waals surface area contributed by atoms with Gasteiger partial charge in [0, 0.05) is 17.3 Å². The molecule has 11 fully saturated rings. The highest BCUT2D eigenvalue weighted by Crippen LogP contribution is 2.62. The fraction of sp³-hybridized carbons (Fsp3) is 0.892. The van der Waals surface area contributed by atoms with Crippen LogP contribution in [0.1, 0.15) is 202 Å². The minimum Gasteiger partial charge on any atom is -0.463 e. The molecule has 13 unspecified atom stereocenters. The van der Waals surface area contributed by atoms with Gasteiger partial charge in [-0.3, -0.25) is 24.0 Å². The van der Waals surface area contributed by atoms with Crippen molar-refractivity contribution < 1.29 is 105 Å². The lowest BCUT2D eigenvalue weighted by atomic mass is 9.48. The molecule has 22 nitrogen and oxygen atoms in total. The third-order valence-corrected chi connectivity index (χ3v) is 19.9. The summed E-state index contributed by atoms with van der Waals surface area (Å²) < 4.78 is 77.7. The third kappa shape index (κ3) is 17.1. The second kappa shape index (κ2) is 26.7. The predicted molar refractivity (Wildman–Crippen MR) is 310 cm³/mol. The quantitative estimate of drug-likeness (QED) is 0.0934. The molecular weight excluding hydrogens is 1130 g/mol. The van der Waals surface area contributed by atoms with Gasteiger partial charge in [0.2, 0.25) is 0 Å². The zero-order valence-electron chi connectivity index (χ0n) is 55.3. The van der Waals surface area contributed by atoms with Crippen molar-refractivity contribution in [3.05, 3.63) is 0 Å². The van der Waals surface area contributed by atoms with E-state index in [2.05, 4.69) is 0 Å². The molecule has 6 aliphatic carbocycles. The van der Waals surface area contributed by atoms with E-state index in [0.29, 0.717) is 50.9 Å². The Morgan fingerprint density at radius 1 is 0.552 bits per heavy atom. The molecule has 13 atom stereocenters. The molecule has 0 radical (unpaired) electrons. The first-order valence-corrected chi connectivity index (χ1v) is 31.8. The number of carbonyl (C=O) groups excluding carboxylic acids is 7. The average Bonchev–Trinajstić information content (AvgIpc) is 1.69. The summed E-state index contributed by atoms with van der Waals surface area (Å²) in [4.78, 5) is 83.6. The van der Waals surface area contributed by atoms with Crippen molar-refractivity contribution in [1.82, 2.24) is 0 Å². The van der Waals surface area contributed by atoms with Gasteiger partial charge in [-0.2, -0.15) is 0 Å².